The molecule has 13 heavy (non-hydrogen) atoms. The van der Waals surface area contributed by atoms with Crippen LogP contribution in [0.5, 0.6) is 0 Å². The van der Waals surface area contributed by atoms with Crippen LogP contribution in [-0.2, 0) is 42.3 Å². The van der Waals surface area contributed by atoms with Crippen LogP contribution in [0.2, 0.25) is 0 Å². The molecule has 0 rings (SSSR count). The first-order valence-corrected chi connectivity index (χ1v) is 3.25. The third kappa shape index (κ3) is 34.3. The summed E-state index contributed by atoms with van der Waals surface area (Å²) < 4.78 is 0. The van der Waals surface area contributed by atoms with Crippen LogP contribution in [-0.4, -0.2) is 11.8 Å². The van der Waals surface area contributed by atoms with Gasteiger partial charge in [-0.25, -0.2) is 0 Å². The second-order valence-corrected chi connectivity index (χ2v) is 1.83. The molecule has 0 saturated heterocycles. The van der Waals surface area contributed by atoms with Crippen LogP contribution in [0.25, 0.3) is 11.5 Å². The molecule has 0 saturated carbocycles. The molecule has 0 aromatic carbocycles. The molecule has 0 radical (unpaired) electrons. The maximum absolute atomic E-state index is 9.64. The number of nitrogens with one attached hydrogen (secondary N) is 2. The summed E-state index contributed by atoms with van der Waals surface area (Å²) in [4.78, 5) is 19.3. The maximum atomic E-state index is 9.64. The van der Waals surface area contributed by atoms with Crippen molar-refractivity contribution in [2.45, 2.75) is 12.8 Å². The Morgan fingerprint density at radius 3 is 1.23 bits per heavy atom. The smallest absolute Gasteiger partial charge is 0.668 e. The molecule has 0 aliphatic heterocycles. The molecule has 0 spiro atoms. The van der Waals surface area contributed by atoms with Crippen molar-refractivity contribution >= 4 is 11.8 Å². The van der Waals surface area contributed by atoms with Gasteiger partial charge in [-0.2, -0.15) is 0 Å². The third-order valence-electron chi connectivity index (χ3n) is 0.659. The van der Waals surface area contributed by atoms with Crippen molar-refractivity contribution < 1.29 is 42.3 Å². The van der Waals surface area contributed by atoms with Crippen LogP contribution in [0.3, 0.4) is 0 Å². The van der Waals surface area contributed by atoms with Gasteiger partial charge in [0.2, 0.25) is 0 Å². The molecular formula is C8H12N2O2Y+. The molecule has 0 aliphatic rings. The average molecular weight is 257 g/mol. The van der Waals surface area contributed by atoms with E-state index in [-0.39, 0.29) is 45.6 Å². The van der Waals surface area contributed by atoms with Gasteiger partial charge in [-0.15, -0.1) is 13.2 Å². The Hall–Kier alpha value is -0.476. The Bertz CT molecular complexity index is 161. The van der Waals surface area contributed by atoms with Crippen LogP contribution in [0, 0.1) is 0 Å². The largest absolute Gasteiger partial charge is 3.00 e. The molecule has 0 aromatic rings. The molecular weight excluding hydrogens is 245 g/mol. The minimum absolute atomic E-state index is 0. The van der Waals surface area contributed by atoms with Crippen molar-refractivity contribution in [1.29, 1.82) is 0 Å². The van der Waals surface area contributed by atoms with Gasteiger partial charge in [-0.3, -0.25) is 0 Å². The average Bonchev–Trinajstić information content (AvgIpc) is 1.87. The van der Waals surface area contributed by atoms with Crippen molar-refractivity contribution in [2.24, 2.45) is 0 Å². The van der Waals surface area contributed by atoms with Gasteiger partial charge in [-0.1, -0.05) is 12.2 Å². The Morgan fingerprint density at radius 2 is 1.23 bits per heavy atom. The predicted octanol–water partition coefficient (Wildman–Crippen LogP) is 2.28. The summed E-state index contributed by atoms with van der Waals surface area (Å²) >= 11 is 0. The van der Waals surface area contributed by atoms with Crippen LogP contribution in [0.15, 0.2) is 25.3 Å². The number of carbonyl (C=O) groups excluding carboxylic acids is 2. The molecule has 0 aliphatic carbocycles. The van der Waals surface area contributed by atoms with Gasteiger partial charge in [0.05, 0.1) is 11.8 Å². The van der Waals surface area contributed by atoms with Gasteiger partial charge in [0.25, 0.3) is 0 Å². The van der Waals surface area contributed by atoms with E-state index >= 15 is 0 Å². The fourth-order valence-corrected chi connectivity index (χ4v) is 0.262. The molecule has 0 aromatic heterocycles. The second-order valence-electron chi connectivity index (χ2n) is 1.83. The monoisotopic (exact) mass is 257 g/mol. The van der Waals surface area contributed by atoms with E-state index in [4.69, 9.17) is 11.5 Å². The van der Waals surface area contributed by atoms with E-state index in [1.807, 2.05) is 0 Å². The molecule has 0 bridgehead atoms. The topological polar surface area (TPSA) is 81.7 Å². The summed E-state index contributed by atoms with van der Waals surface area (Å²) in [5.41, 5.74) is 12.5. The van der Waals surface area contributed by atoms with Crippen LogP contribution < -0.4 is 0 Å². The standard InChI is InChI=1S/2C4H7NO.Y/c2*1-2-3-4(5)6;/h2*2H,1,3H2,(H2,5,6);/q;;+3/p-2. The Kier molecular flexibility index (Phi) is 19.8. The summed E-state index contributed by atoms with van der Waals surface area (Å²) in [5, 5.41) is 0. The zero-order valence-corrected chi connectivity index (χ0v) is 10.2. The molecule has 68 valence electrons. The van der Waals surface area contributed by atoms with Gasteiger partial charge >= 0.3 is 32.7 Å². The predicted molar refractivity (Wildman–Crippen MR) is 48.3 cm³/mol. The van der Waals surface area contributed by atoms with Gasteiger partial charge in [-0.05, 0) is 0 Å². The molecule has 2 amide bonds. The van der Waals surface area contributed by atoms with Gasteiger partial charge in [0, 0.05) is 12.8 Å². The minimum atomic E-state index is -0.579. The minimum Gasteiger partial charge on any atom is -0.668 e. The fraction of sp³-hybridized carbons (Fsp3) is 0.250. The van der Waals surface area contributed by atoms with E-state index in [1.54, 1.807) is 0 Å². The first-order valence-electron chi connectivity index (χ1n) is 3.25. The normalized spacial score (nSPS) is 6.77. The van der Waals surface area contributed by atoms with Gasteiger partial charge < -0.3 is 21.1 Å². The molecule has 2 N–H and O–H groups in total. The molecule has 4 nitrogen and oxygen atoms in total. The van der Waals surface area contributed by atoms with Crippen LogP contribution >= 0.6 is 0 Å². The first kappa shape index (κ1) is 18.3. The Labute approximate surface area is 103 Å². The van der Waals surface area contributed by atoms with Gasteiger partial charge in [0.1, 0.15) is 0 Å². The molecule has 0 atom stereocenters. The van der Waals surface area contributed by atoms with Crippen molar-refractivity contribution in [3.05, 3.63) is 36.8 Å². The summed E-state index contributed by atoms with van der Waals surface area (Å²) in [6.07, 6.45) is 3.16. The van der Waals surface area contributed by atoms with E-state index in [2.05, 4.69) is 13.2 Å². The number of hydrogen-bond acceptors (Lipinski definition) is 2. The van der Waals surface area contributed by atoms with E-state index in [0.29, 0.717) is 0 Å². The Balaban J connectivity index is -0.000000143. The van der Waals surface area contributed by atoms with Gasteiger partial charge in [0.15, 0.2) is 0 Å². The summed E-state index contributed by atoms with van der Waals surface area (Å²) in [5.74, 6) is -1.16. The van der Waals surface area contributed by atoms with E-state index in [9.17, 15) is 9.59 Å². The zero-order valence-electron chi connectivity index (χ0n) is 7.38. The van der Waals surface area contributed by atoms with E-state index < -0.39 is 11.8 Å². The van der Waals surface area contributed by atoms with Crippen molar-refractivity contribution in [1.82, 2.24) is 0 Å². The summed E-state index contributed by atoms with van der Waals surface area (Å²) in [6.45, 7) is 6.52. The van der Waals surface area contributed by atoms with E-state index in [0.717, 1.165) is 0 Å². The summed E-state index contributed by atoms with van der Waals surface area (Å²) in [7, 11) is 0. The number of hydrogen-bond donors (Lipinski definition) is 0. The molecule has 0 fully saturated rings. The first-order chi connectivity index (χ1) is 5.54. The van der Waals surface area contributed by atoms with Crippen molar-refractivity contribution in [3.63, 3.8) is 0 Å². The molecule has 0 unspecified atom stereocenters. The quantitative estimate of drug-likeness (QED) is 0.724. The maximum Gasteiger partial charge on any atom is 3.00 e. The second kappa shape index (κ2) is 14.1. The summed E-state index contributed by atoms with van der Waals surface area (Å²) in [6, 6.07) is 0. The molecule has 5 heteroatoms. The number of amides is 2. The van der Waals surface area contributed by atoms with Crippen LogP contribution in [0.1, 0.15) is 12.8 Å². The van der Waals surface area contributed by atoms with Crippen LogP contribution in [0.4, 0.5) is 0 Å². The Morgan fingerprint density at radius 1 is 1.00 bits per heavy atom. The molecule has 0 heterocycles. The fourth-order valence-electron chi connectivity index (χ4n) is 0.262. The third-order valence-corrected chi connectivity index (χ3v) is 0.659. The number of carbonyl (C=O) groups is 2. The van der Waals surface area contributed by atoms with E-state index in [1.165, 1.54) is 12.2 Å². The zero-order chi connectivity index (χ0) is 9.98. The van der Waals surface area contributed by atoms with Crippen molar-refractivity contribution in [2.75, 3.05) is 0 Å². The van der Waals surface area contributed by atoms with Crippen molar-refractivity contribution in [3.8, 4) is 0 Å². The number of rotatable bonds is 4. The SMILES string of the molecule is C=CCC([NH-])=O.C=CCC([NH-])=O.[Y+3].